The number of hydrogen-bond acceptors (Lipinski definition) is 4. The number of benzene rings is 1. The van der Waals surface area contributed by atoms with E-state index in [1.807, 2.05) is 24.3 Å². The van der Waals surface area contributed by atoms with Crippen LogP contribution in [-0.4, -0.2) is 10.9 Å². The number of nitrogens with two attached hydrogens (primary N) is 1. The monoisotopic (exact) mass is 256 g/mol. The van der Waals surface area contributed by atoms with Crippen LogP contribution < -0.4 is 16.6 Å². The van der Waals surface area contributed by atoms with E-state index in [0.29, 0.717) is 11.4 Å². The maximum absolute atomic E-state index is 12.0. The van der Waals surface area contributed by atoms with Crippen LogP contribution in [0.1, 0.15) is 23.0 Å². The van der Waals surface area contributed by atoms with Gasteiger partial charge in [-0.1, -0.05) is 19.1 Å². The summed E-state index contributed by atoms with van der Waals surface area (Å²) in [5.41, 5.74) is 5.41. The first-order valence-electron chi connectivity index (χ1n) is 6.06. The lowest BCUT2D eigenvalue weighted by Gasteiger charge is -2.06. The Morgan fingerprint density at radius 3 is 2.58 bits per heavy atom. The smallest absolute Gasteiger partial charge is 0.274 e. The van der Waals surface area contributed by atoms with Crippen LogP contribution in [0.5, 0.6) is 0 Å². The molecule has 1 aromatic carbocycles. The maximum atomic E-state index is 12.0. The van der Waals surface area contributed by atoms with E-state index in [1.54, 1.807) is 12.1 Å². The van der Waals surface area contributed by atoms with E-state index in [0.717, 1.165) is 12.1 Å². The van der Waals surface area contributed by atoms with Gasteiger partial charge in [0.25, 0.3) is 5.91 Å². The van der Waals surface area contributed by atoms with Crippen molar-refractivity contribution in [1.82, 2.24) is 4.98 Å². The lowest BCUT2D eigenvalue weighted by molar-refractivity contribution is 0.102. The van der Waals surface area contributed by atoms with E-state index in [4.69, 9.17) is 5.84 Å². The molecule has 4 N–H and O–H groups in total. The first-order valence-corrected chi connectivity index (χ1v) is 6.06. The third kappa shape index (κ3) is 3.29. The van der Waals surface area contributed by atoms with E-state index >= 15 is 0 Å². The molecule has 19 heavy (non-hydrogen) atoms. The van der Waals surface area contributed by atoms with Crippen molar-refractivity contribution in [3.05, 3.63) is 53.9 Å². The molecule has 0 atom stereocenters. The number of carbonyl (C=O) groups is 1. The van der Waals surface area contributed by atoms with Crippen molar-refractivity contribution >= 4 is 17.3 Å². The van der Waals surface area contributed by atoms with Gasteiger partial charge in [0.15, 0.2) is 0 Å². The summed E-state index contributed by atoms with van der Waals surface area (Å²) in [6.07, 6.45) is 2.50. The third-order valence-corrected chi connectivity index (χ3v) is 2.78. The number of nitrogens with one attached hydrogen (secondary N) is 2. The van der Waals surface area contributed by atoms with Gasteiger partial charge in [0.1, 0.15) is 5.69 Å². The molecule has 0 aliphatic rings. The quantitative estimate of drug-likeness (QED) is 0.578. The van der Waals surface area contributed by atoms with Crippen molar-refractivity contribution in [3.63, 3.8) is 0 Å². The molecule has 1 amide bonds. The topological polar surface area (TPSA) is 80.0 Å². The number of nitrogen functional groups attached to an aromatic ring is 1. The van der Waals surface area contributed by atoms with Crippen molar-refractivity contribution < 1.29 is 4.79 Å². The Bertz CT molecular complexity index is 566. The summed E-state index contributed by atoms with van der Waals surface area (Å²) >= 11 is 0. The van der Waals surface area contributed by atoms with E-state index < -0.39 is 0 Å². The Morgan fingerprint density at radius 1 is 1.21 bits per heavy atom. The second kappa shape index (κ2) is 5.97. The fraction of sp³-hybridized carbons (Fsp3) is 0.143. The number of rotatable bonds is 4. The summed E-state index contributed by atoms with van der Waals surface area (Å²) in [4.78, 5) is 16.0. The number of hydrazine groups is 1. The summed E-state index contributed by atoms with van der Waals surface area (Å²) in [6.45, 7) is 2.09. The third-order valence-electron chi connectivity index (χ3n) is 2.78. The Hall–Kier alpha value is -2.40. The molecule has 0 saturated heterocycles. The number of carbonyl (C=O) groups excluding carboxylic acids is 1. The molecule has 0 radical (unpaired) electrons. The molecule has 1 heterocycles. The van der Waals surface area contributed by atoms with Crippen molar-refractivity contribution in [1.29, 1.82) is 0 Å². The van der Waals surface area contributed by atoms with Crippen molar-refractivity contribution in [2.75, 3.05) is 10.7 Å². The fourth-order valence-electron chi connectivity index (χ4n) is 1.66. The molecule has 98 valence electrons. The minimum absolute atomic E-state index is 0.263. The molecule has 5 heteroatoms. The van der Waals surface area contributed by atoms with E-state index in [9.17, 15) is 4.79 Å². The summed E-state index contributed by atoms with van der Waals surface area (Å²) in [7, 11) is 0. The van der Waals surface area contributed by atoms with Crippen LogP contribution in [0.25, 0.3) is 0 Å². The standard InChI is InChI=1S/C14H16N4O/c1-2-10-3-5-11(6-4-10)17-14(19)13-9-12(18-15)7-8-16-13/h3-9H,2,15H2,1H3,(H,16,18)(H,17,19). The van der Waals surface area contributed by atoms with Crippen LogP contribution in [0.2, 0.25) is 0 Å². The lowest BCUT2D eigenvalue weighted by Crippen LogP contribution is -2.15. The zero-order valence-electron chi connectivity index (χ0n) is 10.7. The molecule has 0 aliphatic carbocycles. The van der Waals surface area contributed by atoms with Gasteiger partial charge in [-0.05, 0) is 36.2 Å². The van der Waals surface area contributed by atoms with Gasteiger partial charge in [-0.15, -0.1) is 0 Å². The number of aromatic nitrogens is 1. The van der Waals surface area contributed by atoms with Crippen LogP contribution in [0, 0.1) is 0 Å². The highest BCUT2D eigenvalue weighted by molar-refractivity contribution is 6.03. The minimum Gasteiger partial charge on any atom is -0.324 e. The first-order chi connectivity index (χ1) is 9.22. The van der Waals surface area contributed by atoms with Gasteiger partial charge >= 0.3 is 0 Å². The molecular weight excluding hydrogens is 240 g/mol. The van der Waals surface area contributed by atoms with Crippen LogP contribution in [-0.2, 0) is 6.42 Å². The molecular formula is C14H16N4O. The number of aryl methyl sites for hydroxylation is 1. The van der Waals surface area contributed by atoms with Gasteiger partial charge in [0, 0.05) is 11.9 Å². The molecule has 0 aliphatic heterocycles. The lowest BCUT2D eigenvalue weighted by atomic mass is 10.1. The minimum atomic E-state index is -0.263. The van der Waals surface area contributed by atoms with Crippen molar-refractivity contribution in [2.45, 2.75) is 13.3 Å². The summed E-state index contributed by atoms with van der Waals surface area (Å²) < 4.78 is 0. The predicted octanol–water partition coefficient (Wildman–Crippen LogP) is 2.18. The summed E-state index contributed by atoms with van der Waals surface area (Å²) in [6, 6.07) is 11.0. The number of nitrogens with zero attached hydrogens (tertiary/aromatic N) is 1. The van der Waals surface area contributed by atoms with E-state index in [2.05, 4.69) is 22.7 Å². The average molecular weight is 256 g/mol. The zero-order chi connectivity index (χ0) is 13.7. The van der Waals surface area contributed by atoms with Gasteiger partial charge in [-0.3, -0.25) is 15.6 Å². The second-order valence-electron chi connectivity index (χ2n) is 4.08. The van der Waals surface area contributed by atoms with Crippen molar-refractivity contribution in [2.24, 2.45) is 5.84 Å². The van der Waals surface area contributed by atoms with Gasteiger partial charge in [0.05, 0.1) is 5.69 Å². The number of amides is 1. The zero-order valence-corrected chi connectivity index (χ0v) is 10.7. The average Bonchev–Trinajstić information content (AvgIpc) is 2.48. The van der Waals surface area contributed by atoms with Crippen LogP contribution >= 0.6 is 0 Å². The number of hydrogen-bond donors (Lipinski definition) is 3. The normalized spacial score (nSPS) is 10.0. The Kier molecular flexibility index (Phi) is 4.10. The van der Waals surface area contributed by atoms with E-state index in [-0.39, 0.29) is 5.91 Å². The highest BCUT2D eigenvalue weighted by Gasteiger charge is 2.08. The first kappa shape index (κ1) is 13.0. The highest BCUT2D eigenvalue weighted by atomic mass is 16.1. The van der Waals surface area contributed by atoms with Crippen LogP contribution in [0.3, 0.4) is 0 Å². The van der Waals surface area contributed by atoms with Gasteiger partial charge in [-0.2, -0.15) is 0 Å². The SMILES string of the molecule is CCc1ccc(NC(=O)c2cc(NN)ccn2)cc1. The predicted molar refractivity (Wildman–Crippen MR) is 75.8 cm³/mol. The Morgan fingerprint density at radius 2 is 1.95 bits per heavy atom. The van der Waals surface area contributed by atoms with E-state index in [1.165, 1.54) is 11.8 Å². The molecule has 5 nitrogen and oxygen atoms in total. The molecule has 0 bridgehead atoms. The number of anilines is 2. The molecule has 0 spiro atoms. The Balaban J connectivity index is 2.11. The van der Waals surface area contributed by atoms with Gasteiger partial charge in [-0.25, -0.2) is 0 Å². The summed E-state index contributed by atoms with van der Waals surface area (Å²) in [5.74, 6) is 5.03. The van der Waals surface area contributed by atoms with Crippen molar-refractivity contribution in [3.8, 4) is 0 Å². The number of pyridine rings is 1. The molecule has 2 rings (SSSR count). The van der Waals surface area contributed by atoms with Gasteiger partial charge < -0.3 is 10.7 Å². The van der Waals surface area contributed by atoms with Gasteiger partial charge in [0.2, 0.25) is 0 Å². The highest BCUT2D eigenvalue weighted by Crippen LogP contribution is 2.12. The van der Waals surface area contributed by atoms with Crippen LogP contribution in [0.4, 0.5) is 11.4 Å². The largest absolute Gasteiger partial charge is 0.324 e. The summed E-state index contributed by atoms with van der Waals surface area (Å²) in [5, 5.41) is 2.79. The molecule has 0 unspecified atom stereocenters. The Labute approximate surface area is 111 Å². The molecule has 2 aromatic rings. The molecule has 0 fully saturated rings. The molecule has 1 aromatic heterocycles. The molecule has 0 saturated carbocycles. The second-order valence-corrected chi connectivity index (χ2v) is 4.08. The maximum Gasteiger partial charge on any atom is 0.274 e. The van der Waals surface area contributed by atoms with Crippen LogP contribution in [0.15, 0.2) is 42.6 Å². The fourth-order valence-corrected chi connectivity index (χ4v) is 1.66.